The molecule has 2 heterocycles. The summed E-state index contributed by atoms with van der Waals surface area (Å²) in [5.41, 5.74) is 1.68. The van der Waals surface area contributed by atoms with Gasteiger partial charge in [-0.05, 0) is 48.4 Å². The highest BCUT2D eigenvalue weighted by Gasteiger charge is 2.39. The third-order valence-electron chi connectivity index (χ3n) is 5.04. The summed E-state index contributed by atoms with van der Waals surface area (Å²) in [4.78, 5) is 27.8. The molecule has 0 fully saturated rings. The molecule has 1 aromatic heterocycles. The average Bonchev–Trinajstić information content (AvgIpc) is 3.41. The number of hydrogen-bond donors (Lipinski definition) is 1. The van der Waals surface area contributed by atoms with E-state index in [9.17, 15) is 9.59 Å². The van der Waals surface area contributed by atoms with Crippen molar-refractivity contribution in [2.24, 2.45) is 0 Å². The normalized spacial score (nSPS) is 13.6. The summed E-state index contributed by atoms with van der Waals surface area (Å²) < 4.78 is 16.4. The van der Waals surface area contributed by atoms with Crippen LogP contribution in [0.25, 0.3) is 5.57 Å². The van der Waals surface area contributed by atoms with E-state index in [2.05, 4.69) is 5.32 Å². The Kier molecular flexibility index (Phi) is 6.26. The molecule has 7 nitrogen and oxygen atoms in total. The number of anilines is 1. The molecule has 164 valence electrons. The van der Waals surface area contributed by atoms with Gasteiger partial charge in [-0.15, -0.1) is 0 Å². The number of furan rings is 1. The van der Waals surface area contributed by atoms with Gasteiger partial charge in [0.1, 0.15) is 23.0 Å². The van der Waals surface area contributed by atoms with Crippen LogP contribution in [-0.2, 0) is 16.1 Å². The number of rotatable bonds is 9. The van der Waals surface area contributed by atoms with Crippen molar-refractivity contribution in [3.63, 3.8) is 0 Å². The van der Waals surface area contributed by atoms with E-state index < -0.39 is 11.8 Å². The van der Waals surface area contributed by atoms with Crippen LogP contribution in [0.15, 0.2) is 77.0 Å². The Hall–Kier alpha value is -4.00. The predicted octanol–water partition coefficient (Wildman–Crippen LogP) is 4.47. The third kappa shape index (κ3) is 4.23. The Labute approximate surface area is 186 Å². The highest BCUT2D eigenvalue weighted by Crippen LogP contribution is 2.34. The molecule has 3 aromatic rings. The number of nitrogens with zero attached hydrogens (tertiary/aromatic N) is 1. The number of benzene rings is 2. The summed E-state index contributed by atoms with van der Waals surface area (Å²) in [6.07, 6.45) is 2.41. The van der Waals surface area contributed by atoms with E-state index in [0.717, 1.165) is 6.42 Å². The van der Waals surface area contributed by atoms with Gasteiger partial charge in [0.05, 0.1) is 37.8 Å². The highest BCUT2D eigenvalue weighted by atomic mass is 16.5. The van der Waals surface area contributed by atoms with E-state index in [1.54, 1.807) is 55.6 Å². The Morgan fingerprint density at radius 3 is 2.44 bits per heavy atom. The Morgan fingerprint density at radius 1 is 0.969 bits per heavy atom. The summed E-state index contributed by atoms with van der Waals surface area (Å²) in [7, 11) is 1.55. The van der Waals surface area contributed by atoms with E-state index in [4.69, 9.17) is 13.9 Å². The minimum Gasteiger partial charge on any atom is -0.495 e. The van der Waals surface area contributed by atoms with Crippen LogP contribution >= 0.6 is 0 Å². The lowest BCUT2D eigenvalue weighted by Gasteiger charge is -2.14. The highest BCUT2D eigenvalue weighted by molar-refractivity contribution is 6.36. The van der Waals surface area contributed by atoms with Gasteiger partial charge >= 0.3 is 0 Å². The van der Waals surface area contributed by atoms with E-state index >= 15 is 0 Å². The van der Waals surface area contributed by atoms with Gasteiger partial charge in [-0.25, -0.2) is 0 Å². The van der Waals surface area contributed by atoms with E-state index in [-0.39, 0.29) is 17.8 Å². The lowest BCUT2D eigenvalue weighted by atomic mass is 10.0. The molecular formula is C25H24N2O5. The van der Waals surface area contributed by atoms with Gasteiger partial charge in [0.2, 0.25) is 0 Å². The molecule has 0 spiro atoms. The monoisotopic (exact) mass is 432 g/mol. The van der Waals surface area contributed by atoms with Crippen LogP contribution in [0.2, 0.25) is 0 Å². The molecule has 1 aliphatic heterocycles. The summed E-state index contributed by atoms with van der Waals surface area (Å²) in [6.45, 7) is 2.69. The molecule has 4 rings (SSSR count). The Morgan fingerprint density at radius 2 is 1.75 bits per heavy atom. The smallest absolute Gasteiger partial charge is 0.278 e. The number of imide groups is 1. The molecule has 0 atom stereocenters. The van der Waals surface area contributed by atoms with Gasteiger partial charge in [0, 0.05) is 0 Å². The first-order chi connectivity index (χ1) is 15.6. The van der Waals surface area contributed by atoms with Crippen LogP contribution in [0, 0.1) is 0 Å². The molecule has 7 heteroatoms. The molecule has 0 unspecified atom stereocenters. The molecule has 1 aliphatic rings. The fourth-order valence-electron chi connectivity index (χ4n) is 3.48. The molecule has 0 bridgehead atoms. The van der Waals surface area contributed by atoms with Crippen LogP contribution < -0.4 is 14.8 Å². The molecule has 2 aromatic carbocycles. The van der Waals surface area contributed by atoms with E-state index in [0.29, 0.717) is 35.1 Å². The zero-order chi connectivity index (χ0) is 22.5. The minimum atomic E-state index is -0.432. The first-order valence-corrected chi connectivity index (χ1v) is 10.4. The van der Waals surface area contributed by atoms with Crippen LogP contribution in [0.1, 0.15) is 24.7 Å². The second-order valence-electron chi connectivity index (χ2n) is 7.22. The van der Waals surface area contributed by atoms with Crippen molar-refractivity contribution >= 4 is 23.1 Å². The molecule has 1 N–H and O–H groups in total. The largest absolute Gasteiger partial charge is 0.495 e. The summed E-state index contributed by atoms with van der Waals surface area (Å²) in [5.74, 6) is 0.963. The van der Waals surface area contributed by atoms with Crippen LogP contribution in [0.4, 0.5) is 5.69 Å². The second-order valence-corrected chi connectivity index (χ2v) is 7.22. The summed E-state index contributed by atoms with van der Waals surface area (Å²) >= 11 is 0. The zero-order valence-electron chi connectivity index (χ0n) is 18.0. The number of nitrogens with one attached hydrogen (secondary N) is 1. The van der Waals surface area contributed by atoms with Crippen molar-refractivity contribution in [3.05, 3.63) is 83.9 Å². The minimum absolute atomic E-state index is 0.0446. The van der Waals surface area contributed by atoms with Crippen LogP contribution in [0.3, 0.4) is 0 Å². The van der Waals surface area contributed by atoms with Crippen LogP contribution in [0.5, 0.6) is 11.5 Å². The van der Waals surface area contributed by atoms with Crippen molar-refractivity contribution in [2.75, 3.05) is 19.0 Å². The first-order valence-electron chi connectivity index (χ1n) is 10.4. The van der Waals surface area contributed by atoms with E-state index in [1.807, 2.05) is 19.1 Å². The molecule has 0 aliphatic carbocycles. The SMILES string of the molecule is CCCOc1ccc(C2=C(Nc3ccccc3OC)C(=O)N(Cc3ccco3)C2=O)cc1. The lowest BCUT2D eigenvalue weighted by molar-refractivity contribution is -0.137. The van der Waals surface area contributed by atoms with Crippen molar-refractivity contribution in [3.8, 4) is 11.5 Å². The molecule has 0 radical (unpaired) electrons. The molecule has 2 amide bonds. The van der Waals surface area contributed by atoms with Crippen molar-refractivity contribution in [1.82, 2.24) is 4.90 Å². The molecular weight excluding hydrogens is 408 g/mol. The number of amides is 2. The summed E-state index contributed by atoms with van der Waals surface area (Å²) in [6, 6.07) is 17.8. The number of para-hydroxylation sites is 2. The number of methoxy groups -OCH3 is 1. The van der Waals surface area contributed by atoms with Crippen molar-refractivity contribution in [1.29, 1.82) is 0 Å². The average molecular weight is 432 g/mol. The Balaban J connectivity index is 1.72. The topological polar surface area (TPSA) is 81.0 Å². The third-order valence-corrected chi connectivity index (χ3v) is 5.04. The number of ether oxygens (including phenoxy) is 2. The second kappa shape index (κ2) is 9.43. The molecule has 0 saturated carbocycles. The van der Waals surface area contributed by atoms with Gasteiger partial charge in [0.25, 0.3) is 11.8 Å². The predicted molar refractivity (Wildman–Crippen MR) is 120 cm³/mol. The fourth-order valence-corrected chi connectivity index (χ4v) is 3.48. The van der Waals surface area contributed by atoms with Crippen molar-refractivity contribution in [2.45, 2.75) is 19.9 Å². The standard InChI is InChI=1S/C25H24N2O5/c1-3-14-31-18-12-10-17(11-13-18)22-23(26-20-8-4-5-9-21(20)30-2)25(29)27(24(22)28)16-19-7-6-15-32-19/h4-13,15,26H,3,14,16H2,1-2H3. The molecule has 0 saturated heterocycles. The van der Waals surface area contributed by atoms with Gasteiger partial charge in [-0.3, -0.25) is 14.5 Å². The van der Waals surface area contributed by atoms with Crippen molar-refractivity contribution < 1.29 is 23.5 Å². The first kappa shape index (κ1) is 21.2. The van der Waals surface area contributed by atoms with E-state index in [1.165, 1.54) is 11.2 Å². The zero-order valence-corrected chi connectivity index (χ0v) is 18.0. The Bertz CT molecular complexity index is 1130. The lowest BCUT2D eigenvalue weighted by Crippen LogP contribution is -2.31. The maximum Gasteiger partial charge on any atom is 0.278 e. The van der Waals surface area contributed by atoms with Gasteiger partial charge in [0.15, 0.2) is 0 Å². The maximum atomic E-state index is 13.4. The maximum absolute atomic E-state index is 13.4. The number of carbonyl (C=O) groups excluding carboxylic acids is 2. The van der Waals surface area contributed by atoms with Crippen LogP contribution in [-0.4, -0.2) is 30.4 Å². The quantitative estimate of drug-likeness (QED) is 0.503. The van der Waals surface area contributed by atoms with Gasteiger partial charge in [-0.2, -0.15) is 0 Å². The molecule has 32 heavy (non-hydrogen) atoms. The fraction of sp³-hybridized carbons (Fsp3) is 0.200. The summed E-state index contributed by atoms with van der Waals surface area (Å²) in [5, 5.41) is 3.13. The van der Waals surface area contributed by atoms with Gasteiger partial charge in [-0.1, -0.05) is 31.2 Å². The number of hydrogen-bond acceptors (Lipinski definition) is 6. The number of carbonyl (C=O) groups is 2. The van der Waals surface area contributed by atoms with Gasteiger partial charge < -0.3 is 19.2 Å².